The van der Waals surface area contributed by atoms with Crippen LogP contribution < -0.4 is 0 Å². The Morgan fingerprint density at radius 3 is 2.28 bits per heavy atom. The number of nitrogens with zero attached hydrogens (tertiary/aromatic N) is 2. The molecular weight excluding hydrogens is 236 g/mol. The Balaban J connectivity index is 2.89. The Labute approximate surface area is 108 Å². The molecule has 18 heavy (non-hydrogen) atoms. The number of hydrogen-bond acceptors (Lipinski definition) is 5. The number of piperidine rings is 1. The van der Waals surface area contributed by atoms with Crippen LogP contribution in [0.3, 0.4) is 0 Å². The third-order valence-electron chi connectivity index (χ3n) is 4.53. The van der Waals surface area contributed by atoms with Gasteiger partial charge < -0.3 is 10.0 Å². The summed E-state index contributed by atoms with van der Waals surface area (Å²) >= 11 is 0. The predicted octanol–water partition coefficient (Wildman–Crippen LogP) is 2.49. The molecule has 0 aromatic heterocycles. The molecule has 0 aromatic carbocycles. The van der Waals surface area contributed by atoms with Gasteiger partial charge in [-0.05, 0) is 40.0 Å². The van der Waals surface area contributed by atoms with Crippen LogP contribution in [0.2, 0.25) is 0 Å². The van der Waals surface area contributed by atoms with Crippen LogP contribution in [0.15, 0.2) is 0 Å². The predicted molar refractivity (Wildman–Crippen MR) is 66.6 cm³/mol. The molecule has 0 bridgehead atoms. The number of hydrogen-bond donors (Lipinski definition) is 1. The van der Waals surface area contributed by atoms with E-state index in [1.807, 2.05) is 27.7 Å². The smallest absolute Gasteiger partial charge is 0.294 e. The summed E-state index contributed by atoms with van der Waals surface area (Å²) in [6.45, 7) is 9.91. The maximum atomic E-state index is 10.4. The lowest BCUT2D eigenvalue weighted by molar-refractivity contribution is -0.760. The lowest BCUT2D eigenvalue weighted by Gasteiger charge is -2.56. The minimum atomic E-state index is -0.765. The molecule has 1 aliphatic rings. The molecule has 0 saturated carbocycles. The zero-order chi connectivity index (χ0) is 14.1. The molecule has 1 N–H and O–H groups in total. The Kier molecular flexibility index (Phi) is 4.23. The fraction of sp³-hybridized carbons (Fsp3) is 1.00. The van der Waals surface area contributed by atoms with Gasteiger partial charge in [-0.15, -0.1) is 10.1 Å². The Bertz CT molecular complexity index is 317. The second kappa shape index (κ2) is 5.01. The van der Waals surface area contributed by atoms with Gasteiger partial charge in [-0.2, -0.15) is 5.06 Å². The molecule has 2 atom stereocenters. The van der Waals surface area contributed by atoms with Crippen molar-refractivity contribution in [2.75, 3.05) is 6.61 Å². The highest BCUT2D eigenvalue weighted by Gasteiger charge is 2.51. The summed E-state index contributed by atoms with van der Waals surface area (Å²) in [5.41, 5.74) is -0.867. The van der Waals surface area contributed by atoms with Crippen LogP contribution in [-0.4, -0.2) is 33.0 Å². The van der Waals surface area contributed by atoms with Crippen LogP contribution in [0.5, 0.6) is 0 Å². The summed E-state index contributed by atoms with van der Waals surface area (Å²) in [4.78, 5) is 14.8. The fourth-order valence-corrected chi connectivity index (χ4v) is 3.10. The molecule has 1 rings (SSSR count). The van der Waals surface area contributed by atoms with Crippen LogP contribution in [0.4, 0.5) is 0 Å². The van der Waals surface area contributed by atoms with Gasteiger partial charge in [0.15, 0.2) is 0 Å². The molecule has 0 aliphatic carbocycles. The first-order valence-electron chi connectivity index (χ1n) is 6.40. The molecule has 1 heterocycles. The summed E-state index contributed by atoms with van der Waals surface area (Å²) in [6.07, 6.45) is 1.75. The van der Waals surface area contributed by atoms with E-state index in [0.29, 0.717) is 0 Å². The molecule has 6 heteroatoms. The Morgan fingerprint density at radius 2 is 1.83 bits per heavy atom. The fourth-order valence-electron chi connectivity index (χ4n) is 3.10. The highest BCUT2D eigenvalue weighted by molar-refractivity contribution is 5.01. The topological polar surface area (TPSA) is 75.8 Å². The van der Waals surface area contributed by atoms with Gasteiger partial charge in [-0.3, -0.25) is 0 Å². The van der Waals surface area contributed by atoms with Crippen molar-refractivity contribution in [3.05, 3.63) is 10.1 Å². The van der Waals surface area contributed by atoms with Crippen LogP contribution in [0.25, 0.3) is 0 Å². The Morgan fingerprint density at radius 1 is 1.33 bits per heavy atom. The average Bonchev–Trinajstić information content (AvgIpc) is 2.25. The van der Waals surface area contributed by atoms with Crippen molar-refractivity contribution in [1.29, 1.82) is 0 Å². The van der Waals surface area contributed by atoms with Gasteiger partial charge in [0.2, 0.25) is 0 Å². The summed E-state index contributed by atoms with van der Waals surface area (Å²) in [5, 5.41) is 21.3. The molecular formula is C12H24N2O4. The standard InChI is InChI=1S/C12H24N2O4/c1-6-9-7-10(8-18-14(16)17)12(4,5)13(15)11(9,2)3/h9-10,15H,6-8H2,1-5H3. The third kappa shape index (κ3) is 2.59. The minimum Gasteiger partial charge on any atom is -0.314 e. The maximum absolute atomic E-state index is 10.4. The van der Waals surface area contributed by atoms with E-state index in [1.165, 1.54) is 5.06 Å². The molecule has 0 amide bonds. The quantitative estimate of drug-likeness (QED) is 0.620. The molecule has 6 nitrogen and oxygen atoms in total. The second-order valence-electron chi connectivity index (χ2n) is 6.18. The Hall–Kier alpha value is -0.880. The van der Waals surface area contributed by atoms with Crippen molar-refractivity contribution in [3.8, 4) is 0 Å². The summed E-state index contributed by atoms with van der Waals surface area (Å²) in [6, 6.07) is 0. The van der Waals surface area contributed by atoms with E-state index in [0.717, 1.165) is 12.8 Å². The molecule has 106 valence electrons. The van der Waals surface area contributed by atoms with E-state index in [4.69, 9.17) is 0 Å². The van der Waals surface area contributed by atoms with Gasteiger partial charge in [0.1, 0.15) is 6.61 Å². The second-order valence-corrected chi connectivity index (χ2v) is 6.18. The molecule has 0 aromatic rings. The zero-order valence-corrected chi connectivity index (χ0v) is 11.8. The van der Waals surface area contributed by atoms with E-state index >= 15 is 0 Å². The van der Waals surface area contributed by atoms with Crippen LogP contribution in [-0.2, 0) is 4.84 Å². The summed E-state index contributed by atoms with van der Waals surface area (Å²) in [7, 11) is 0. The van der Waals surface area contributed by atoms with Gasteiger partial charge in [0.05, 0.1) is 0 Å². The molecule has 1 fully saturated rings. The summed E-state index contributed by atoms with van der Waals surface area (Å²) < 4.78 is 0. The normalized spacial score (nSPS) is 31.0. The summed E-state index contributed by atoms with van der Waals surface area (Å²) in [5.74, 6) is 0.224. The lowest BCUT2D eigenvalue weighted by atomic mass is 9.67. The molecule has 1 saturated heterocycles. The largest absolute Gasteiger partial charge is 0.314 e. The minimum absolute atomic E-state index is 0.0314. The van der Waals surface area contributed by atoms with Gasteiger partial charge in [-0.1, -0.05) is 13.3 Å². The molecule has 0 radical (unpaired) electrons. The van der Waals surface area contributed by atoms with Crippen LogP contribution in [0, 0.1) is 22.0 Å². The number of rotatable bonds is 4. The van der Waals surface area contributed by atoms with Crippen molar-refractivity contribution in [2.45, 2.75) is 58.5 Å². The zero-order valence-electron chi connectivity index (χ0n) is 11.8. The SMILES string of the molecule is CCC1CC(CO[N+](=O)[O-])C(C)(C)N(O)C1(C)C. The lowest BCUT2D eigenvalue weighted by Crippen LogP contribution is -2.65. The van der Waals surface area contributed by atoms with E-state index in [2.05, 4.69) is 11.8 Å². The van der Waals surface area contributed by atoms with Gasteiger partial charge >= 0.3 is 0 Å². The van der Waals surface area contributed by atoms with Crippen LogP contribution in [0.1, 0.15) is 47.5 Å². The van der Waals surface area contributed by atoms with E-state index < -0.39 is 10.6 Å². The van der Waals surface area contributed by atoms with Gasteiger partial charge in [0.25, 0.3) is 5.09 Å². The first-order chi connectivity index (χ1) is 8.14. The highest BCUT2D eigenvalue weighted by atomic mass is 16.9. The van der Waals surface area contributed by atoms with Crippen LogP contribution >= 0.6 is 0 Å². The average molecular weight is 260 g/mol. The molecule has 0 spiro atoms. The van der Waals surface area contributed by atoms with Crippen molar-refractivity contribution in [2.24, 2.45) is 11.8 Å². The van der Waals surface area contributed by atoms with E-state index in [9.17, 15) is 15.3 Å². The van der Waals surface area contributed by atoms with E-state index in [1.54, 1.807) is 0 Å². The van der Waals surface area contributed by atoms with Gasteiger partial charge in [0, 0.05) is 17.0 Å². The molecule has 1 aliphatic heterocycles. The monoisotopic (exact) mass is 260 g/mol. The number of hydroxylamine groups is 2. The van der Waals surface area contributed by atoms with Crippen molar-refractivity contribution in [3.63, 3.8) is 0 Å². The van der Waals surface area contributed by atoms with Gasteiger partial charge in [-0.25, -0.2) is 0 Å². The highest BCUT2D eigenvalue weighted by Crippen LogP contribution is 2.45. The van der Waals surface area contributed by atoms with Crippen molar-refractivity contribution >= 4 is 0 Å². The van der Waals surface area contributed by atoms with Crippen molar-refractivity contribution in [1.82, 2.24) is 5.06 Å². The first kappa shape index (κ1) is 15.2. The third-order valence-corrected chi connectivity index (χ3v) is 4.53. The maximum Gasteiger partial charge on any atom is 0.294 e. The first-order valence-corrected chi connectivity index (χ1v) is 6.40. The van der Waals surface area contributed by atoms with E-state index in [-0.39, 0.29) is 24.0 Å². The van der Waals surface area contributed by atoms with Crippen molar-refractivity contribution < 1.29 is 15.1 Å². The molecule has 2 unspecified atom stereocenters.